The topological polar surface area (TPSA) is 191 Å². The Bertz CT molecular complexity index is 1610. The Morgan fingerprint density at radius 1 is 1.21 bits per heavy atom. The van der Waals surface area contributed by atoms with Crippen LogP contribution in [-0.2, 0) is 48.4 Å². The van der Waals surface area contributed by atoms with E-state index in [2.05, 4.69) is 45.1 Å². The summed E-state index contributed by atoms with van der Waals surface area (Å²) in [6, 6.07) is 10.5. The summed E-state index contributed by atoms with van der Waals surface area (Å²) in [5, 5.41) is 1.78. The van der Waals surface area contributed by atoms with E-state index in [4.69, 9.17) is 9.71 Å². The van der Waals surface area contributed by atoms with Crippen LogP contribution >= 0.6 is 27.9 Å². The lowest BCUT2D eigenvalue weighted by molar-refractivity contribution is 0.213. The minimum absolute atomic E-state index is 0.0545. The van der Waals surface area contributed by atoms with Crippen molar-refractivity contribution in [1.29, 1.82) is 0 Å². The maximum absolute atomic E-state index is 13.8. The molecule has 2 aromatic carbocycles. The van der Waals surface area contributed by atoms with Crippen LogP contribution in [0.3, 0.4) is 0 Å². The average Bonchev–Trinajstić information content (AvgIpc) is 2.88. The summed E-state index contributed by atoms with van der Waals surface area (Å²) in [6.07, 6.45) is 2.10. The van der Waals surface area contributed by atoms with E-state index in [1.54, 1.807) is 30.3 Å². The van der Waals surface area contributed by atoms with Crippen LogP contribution in [0.4, 0.5) is 11.4 Å². The van der Waals surface area contributed by atoms with Gasteiger partial charge in [-0.25, -0.2) is 16.8 Å². The van der Waals surface area contributed by atoms with E-state index < -0.39 is 54.3 Å². The van der Waals surface area contributed by atoms with Crippen LogP contribution in [0.5, 0.6) is 0 Å². The molecule has 3 rings (SSSR count). The molecule has 13 nitrogen and oxygen atoms in total. The predicted molar refractivity (Wildman–Crippen MR) is 150 cm³/mol. The standard InChI is InChI=1S/C21H21BrN4O9S4/c1-2-12-36-25-16-7-5-15(6-8-16)14-37(27,28)21(18-10-9-17(24-26-23)13-19(18)22)20-4-3-11-33-38(29,30)35-39(31,32)34-20/h2-10,13,20-21,25H,1,11-12,14H2/b4-3-. The second kappa shape index (κ2) is 13.3. The summed E-state index contributed by atoms with van der Waals surface area (Å²) in [7, 11) is -14.6. The van der Waals surface area contributed by atoms with Gasteiger partial charge in [0, 0.05) is 26.5 Å². The molecule has 18 heteroatoms. The average molecular weight is 682 g/mol. The Morgan fingerprint density at radius 3 is 2.56 bits per heavy atom. The van der Waals surface area contributed by atoms with Gasteiger partial charge in [-0.05, 0) is 46.8 Å². The summed E-state index contributed by atoms with van der Waals surface area (Å²) in [5.74, 6) is 0.116. The highest BCUT2D eigenvalue weighted by Crippen LogP contribution is 2.38. The first-order chi connectivity index (χ1) is 18.4. The molecule has 0 aromatic heterocycles. The van der Waals surface area contributed by atoms with E-state index >= 15 is 0 Å². The number of rotatable bonds is 10. The number of halogens is 1. The molecule has 0 radical (unpaired) electrons. The van der Waals surface area contributed by atoms with Crippen molar-refractivity contribution in [3.63, 3.8) is 0 Å². The van der Waals surface area contributed by atoms with Crippen molar-refractivity contribution in [2.75, 3.05) is 17.1 Å². The minimum atomic E-state index is -5.28. The lowest BCUT2D eigenvalue weighted by atomic mass is 10.1. The van der Waals surface area contributed by atoms with Crippen LogP contribution in [0.25, 0.3) is 10.4 Å². The van der Waals surface area contributed by atoms with Gasteiger partial charge >= 0.3 is 20.8 Å². The van der Waals surface area contributed by atoms with Crippen molar-refractivity contribution >= 4 is 69.9 Å². The van der Waals surface area contributed by atoms with E-state index in [0.717, 1.165) is 17.8 Å². The molecule has 0 aliphatic carbocycles. The number of nitrogens with zero attached hydrogens (tertiary/aromatic N) is 3. The molecule has 0 bridgehead atoms. The molecule has 2 unspecified atom stereocenters. The van der Waals surface area contributed by atoms with Gasteiger partial charge in [0.2, 0.25) is 0 Å². The summed E-state index contributed by atoms with van der Waals surface area (Å²) in [5.41, 5.74) is 10.0. The molecule has 1 aliphatic rings. The minimum Gasteiger partial charge on any atom is -0.329 e. The fourth-order valence-electron chi connectivity index (χ4n) is 3.38. The van der Waals surface area contributed by atoms with Crippen molar-refractivity contribution in [2.24, 2.45) is 5.11 Å². The Labute approximate surface area is 238 Å². The first-order valence-corrected chi connectivity index (χ1v) is 16.9. The zero-order valence-electron chi connectivity index (χ0n) is 19.8. The molecular weight excluding hydrogens is 660 g/mol. The van der Waals surface area contributed by atoms with Gasteiger partial charge in [0.1, 0.15) is 11.4 Å². The summed E-state index contributed by atoms with van der Waals surface area (Å²) >= 11 is 4.64. The molecule has 2 atom stereocenters. The monoisotopic (exact) mass is 680 g/mol. The molecular formula is C21H21BrN4O9S4. The lowest BCUT2D eigenvalue weighted by Crippen LogP contribution is -2.31. The van der Waals surface area contributed by atoms with Crippen LogP contribution in [-0.4, -0.2) is 43.7 Å². The quantitative estimate of drug-likeness (QED) is 0.0907. The van der Waals surface area contributed by atoms with Crippen LogP contribution in [0, 0.1) is 0 Å². The lowest BCUT2D eigenvalue weighted by Gasteiger charge is -2.25. The molecule has 0 spiro atoms. The van der Waals surface area contributed by atoms with Crippen molar-refractivity contribution < 1.29 is 37.2 Å². The Kier molecular flexibility index (Phi) is 10.6. The molecule has 0 saturated carbocycles. The maximum atomic E-state index is 13.8. The van der Waals surface area contributed by atoms with E-state index in [-0.39, 0.29) is 15.7 Å². The van der Waals surface area contributed by atoms with Crippen LogP contribution in [0.15, 0.2) is 76.9 Å². The zero-order valence-corrected chi connectivity index (χ0v) is 24.6. The zero-order chi connectivity index (χ0) is 28.7. The Morgan fingerprint density at radius 2 is 1.92 bits per heavy atom. The second-order valence-corrected chi connectivity index (χ2v) is 14.1. The van der Waals surface area contributed by atoms with Crippen molar-refractivity contribution in [1.82, 2.24) is 0 Å². The van der Waals surface area contributed by atoms with Gasteiger partial charge in [-0.2, -0.15) is 16.8 Å². The smallest absolute Gasteiger partial charge is 0.329 e. The molecule has 0 saturated heterocycles. The van der Waals surface area contributed by atoms with Gasteiger partial charge < -0.3 is 4.72 Å². The number of benzene rings is 2. The Hall–Kier alpha value is -2.41. The van der Waals surface area contributed by atoms with Crippen LogP contribution in [0.2, 0.25) is 0 Å². The number of nitrogens with one attached hydrogen (secondary N) is 1. The highest BCUT2D eigenvalue weighted by atomic mass is 79.9. The van der Waals surface area contributed by atoms with Gasteiger partial charge in [-0.1, -0.05) is 63.5 Å². The fraction of sp³-hybridized carbons (Fsp3) is 0.238. The third-order valence-corrected chi connectivity index (χ3v) is 10.6. The number of azide groups is 1. The largest absolute Gasteiger partial charge is 0.416 e. The first kappa shape index (κ1) is 31.1. The van der Waals surface area contributed by atoms with Crippen molar-refractivity contribution in [2.45, 2.75) is 17.1 Å². The maximum Gasteiger partial charge on any atom is 0.416 e. The second-order valence-electron chi connectivity index (χ2n) is 7.68. The third-order valence-electron chi connectivity index (χ3n) is 4.88. The van der Waals surface area contributed by atoms with E-state index in [1.807, 2.05) is 0 Å². The molecule has 0 fully saturated rings. The number of hydrogen-bond donors (Lipinski definition) is 1. The summed E-state index contributed by atoms with van der Waals surface area (Å²) in [4.78, 5) is 2.68. The van der Waals surface area contributed by atoms with Gasteiger partial charge in [-0.3, -0.25) is 0 Å². The normalized spacial score (nSPS) is 20.3. The molecule has 2 aromatic rings. The van der Waals surface area contributed by atoms with Gasteiger partial charge in [-0.15, -0.1) is 10.2 Å². The predicted octanol–water partition coefficient (Wildman–Crippen LogP) is 4.77. The van der Waals surface area contributed by atoms with Crippen molar-refractivity contribution in [3.8, 4) is 0 Å². The highest BCUT2D eigenvalue weighted by molar-refractivity contribution is 9.10. The number of sulfone groups is 1. The Balaban J connectivity index is 2.06. The molecule has 210 valence electrons. The van der Waals surface area contributed by atoms with Crippen LogP contribution < -0.4 is 4.72 Å². The first-order valence-electron chi connectivity index (χ1n) is 10.7. The van der Waals surface area contributed by atoms with Gasteiger partial charge in [0.25, 0.3) is 0 Å². The SMILES string of the molecule is C=CCSNc1ccc(CS(=O)(=O)C(c2ccc(N=[N+]=[N-])cc2Br)C2/C=C\COS(=O)(=O)OS(=O)(=O)O2)cc1. The van der Waals surface area contributed by atoms with E-state index in [1.165, 1.54) is 30.1 Å². The molecule has 1 heterocycles. The third kappa shape index (κ3) is 9.06. The summed E-state index contributed by atoms with van der Waals surface area (Å²) < 4.78 is 92.5. The van der Waals surface area contributed by atoms with E-state index in [0.29, 0.717) is 11.3 Å². The molecule has 0 amide bonds. The molecule has 1 aliphatic heterocycles. The number of anilines is 1. The van der Waals surface area contributed by atoms with Crippen LogP contribution in [0.1, 0.15) is 16.4 Å². The molecule has 39 heavy (non-hydrogen) atoms. The number of hydrogen-bond acceptors (Lipinski definition) is 12. The van der Waals surface area contributed by atoms with Gasteiger partial charge in [0.15, 0.2) is 9.84 Å². The highest BCUT2D eigenvalue weighted by Gasteiger charge is 2.40. The summed E-state index contributed by atoms with van der Waals surface area (Å²) in [6.45, 7) is 2.99. The molecule has 1 N–H and O–H groups in total. The fourth-order valence-corrected chi connectivity index (χ4v) is 8.50. The van der Waals surface area contributed by atoms with Gasteiger partial charge in [0.05, 0.1) is 12.4 Å². The van der Waals surface area contributed by atoms with E-state index in [9.17, 15) is 25.3 Å². The van der Waals surface area contributed by atoms with Crippen molar-refractivity contribution in [3.05, 3.63) is 93.3 Å².